The molecule has 0 spiro atoms. The quantitative estimate of drug-likeness (QED) is 0.761. The molecule has 0 aromatic heterocycles. The van der Waals surface area contributed by atoms with E-state index in [2.05, 4.69) is 4.90 Å². The van der Waals surface area contributed by atoms with Crippen LogP contribution >= 0.6 is 0 Å². The first-order valence-electron chi connectivity index (χ1n) is 6.94. The molecule has 1 aromatic rings. The van der Waals surface area contributed by atoms with Crippen molar-refractivity contribution in [1.29, 1.82) is 0 Å². The van der Waals surface area contributed by atoms with Crippen molar-refractivity contribution in [1.82, 2.24) is 4.90 Å². The van der Waals surface area contributed by atoms with E-state index in [1.54, 1.807) is 25.3 Å². The molecule has 2 heterocycles. The number of fused-ring (bicyclic) bond motifs is 1. The lowest BCUT2D eigenvalue weighted by molar-refractivity contribution is -0.115. The second-order valence-electron chi connectivity index (χ2n) is 5.38. The van der Waals surface area contributed by atoms with Crippen molar-refractivity contribution in [2.45, 2.75) is 6.10 Å². The van der Waals surface area contributed by atoms with E-state index in [1.165, 1.54) is 4.90 Å². The van der Waals surface area contributed by atoms with Crippen LogP contribution in [0.2, 0.25) is 0 Å². The summed E-state index contributed by atoms with van der Waals surface area (Å²) in [6.45, 7) is 2.66. The fraction of sp³-hybridized carbons (Fsp3) is 0.467. The lowest BCUT2D eigenvalue weighted by atomic mass is 10.1. The van der Waals surface area contributed by atoms with Crippen molar-refractivity contribution in [3.63, 3.8) is 0 Å². The molecule has 1 amide bonds. The van der Waals surface area contributed by atoms with Gasteiger partial charge in [0.25, 0.3) is 11.7 Å². The minimum absolute atomic E-state index is 0.0855. The van der Waals surface area contributed by atoms with E-state index >= 15 is 0 Å². The van der Waals surface area contributed by atoms with Crippen molar-refractivity contribution < 1.29 is 19.1 Å². The number of nitrogens with zero attached hydrogens (tertiary/aromatic N) is 2. The highest BCUT2D eigenvalue weighted by atomic mass is 16.5. The Morgan fingerprint density at radius 3 is 2.90 bits per heavy atom. The molecule has 3 rings (SSSR count). The van der Waals surface area contributed by atoms with Gasteiger partial charge in [0.2, 0.25) is 0 Å². The first kappa shape index (κ1) is 14.0. The lowest BCUT2D eigenvalue weighted by Gasteiger charge is -2.32. The molecule has 112 valence electrons. The highest BCUT2D eigenvalue weighted by Crippen LogP contribution is 2.32. The minimum Gasteiger partial charge on any atom is -0.497 e. The molecule has 2 aliphatic rings. The third kappa shape index (κ3) is 2.52. The molecule has 6 heteroatoms. The topological polar surface area (TPSA) is 59.1 Å². The fourth-order valence-electron chi connectivity index (χ4n) is 2.76. The zero-order valence-electron chi connectivity index (χ0n) is 12.2. The average Bonchev–Trinajstić information content (AvgIpc) is 2.72. The molecule has 21 heavy (non-hydrogen) atoms. The van der Waals surface area contributed by atoms with Crippen LogP contribution in [0.25, 0.3) is 0 Å². The molecule has 1 saturated heterocycles. The first-order valence-corrected chi connectivity index (χ1v) is 6.94. The predicted octanol–water partition coefficient (Wildman–Crippen LogP) is 0.555. The zero-order valence-corrected chi connectivity index (χ0v) is 12.2. The van der Waals surface area contributed by atoms with E-state index < -0.39 is 11.7 Å². The Labute approximate surface area is 123 Å². The van der Waals surface area contributed by atoms with Gasteiger partial charge in [-0.1, -0.05) is 0 Å². The van der Waals surface area contributed by atoms with Gasteiger partial charge in [0, 0.05) is 19.2 Å². The third-order valence-corrected chi connectivity index (χ3v) is 3.91. The molecule has 2 aliphatic heterocycles. The summed E-state index contributed by atoms with van der Waals surface area (Å²) >= 11 is 0. The molecule has 1 aromatic carbocycles. The van der Waals surface area contributed by atoms with Crippen LogP contribution in [0.15, 0.2) is 18.2 Å². The Morgan fingerprint density at radius 1 is 1.38 bits per heavy atom. The van der Waals surface area contributed by atoms with E-state index in [0.29, 0.717) is 30.2 Å². The van der Waals surface area contributed by atoms with Gasteiger partial charge < -0.3 is 19.3 Å². The van der Waals surface area contributed by atoms with Gasteiger partial charge in [0.05, 0.1) is 37.6 Å². The van der Waals surface area contributed by atoms with Crippen molar-refractivity contribution >= 4 is 17.4 Å². The van der Waals surface area contributed by atoms with Gasteiger partial charge >= 0.3 is 0 Å². The second kappa shape index (κ2) is 5.46. The minimum atomic E-state index is -0.491. The SMILES string of the molecule is COc1ccc2c(c1)N(CC1CN(C)CCO1)C(=O)C2=O. The predicted molar refractivity (Wildman–Crippen MR) is 76.9 cm³/mol. The number of hydrogen-bond acceptors (Lipinski definition) is 5. The summed E-state index contributed by atoms with van der Waals surface area (Å²) in [7, 11) is 3.58. The Bertz CT molecular complexity index is 587. The van der Waals surface area contributed by atoms with E-state index in [9.17, 15) is 9.59 Å². The summed E-state index contributed by atoms with van der Waals surface area (Å²) in [6, 6.07) is 5.06. The smallest absolute Gasteiger partial charge is 0.299 e. The maximum Gasteiger partial charge on any atom is 0.299 e. The van der Waals surface area contributed by atoms with E-state index in [0.717, 1.165) is 13.1 Å². The molecule has 6 nitrogen and oxygen atoms in total. The van der Waals surface area contributed by atoms with Crippen LogP contribution in [-0.2, 0) is 9.53 Å². The Kier molecular flexibility index (Phi) is 3.65. The Morgan fingerprint density at radius 2 is 2.19 bits per heavy atom. The van der Waals surface area contributed by atoms with Crippen LogP contribution in [0.5, 0.6) is 5.75 Å². The number of Topliss-reactive ketones (excluding diaryl/α,β-unsaturated/α-hetero) is 1. The maximum atomic E-state index is 12.2. The van der Waals surface area contributed by atoms with Crippen LogP contribution < -0.4 is 9.64 Å². The summed E-state index contributed by atoms with van der Waals surface area (Å²) in [6.07, 6.45) is -0.0855. The number of carbonyl (C=O) groups excluding carboxylic acids is 2. The van der Waals surface area contributed by atoms with Gasteiger partial charge in [-0.15, -0.1) is 0 Å². The lowest BCUT2D eigenvalue weighted by Crippen LogP contribution is -2.47. The summed E-state index contributed by atoms with van der Waals surface area (Å²) in [4.78, 5) is 27.9. The maximum absolute atomic E-state index is 12.2. The number of carbonyl (C=O) groups is 2. The molecular formula is C15H18N2O4. The monoisotopic (exact) mass is 290 g/mol. The Balaban J connectivity index is 1.86. The van der Waals surface area contributed by atoms with Crippen molar-refractivity contribution in [2.24, 2.45) is 0 Å². The number of benzene rings is 1. The van der Waals surface area contributed by atoms with E-state index in [-0.39, 0.29) is 6.10 Å². The van der Waals surface area contributed by atoms with Crippen LogP contribution in [0.1, 0.15) is 10.4 Å². The highest BCUT2D eigenvalue weighted by Gasteiger charge is 2.37. The van der Waals surface area contributed by atoms with Crippen molar-refractivity contribution in [2.75, 3.05) is 45.3 Å². The molecular weight excluding hydrogens is 272 g/mol. The van der Waals surface area contributed by atoms with Crippen molar-refractivity contribution in [3.8, 4) is 5.75 Å². The molecule has 0 bridgehead atoms. The third-order valence-electron chi connectivity index (χ3n) is 3.91. The summed E-state index contributed by atoms with van der Waals surface area (Å²) in [5.41, 5.74) is 1.05. The normalized spacial score (nSPS) is 22.6. The summed E-state index contributed by atoms with van der Waals surface area (Å²) in [5, 5.41) is 0. The fourth-order valence-corrected chi connectivity index (χ4v) is 2.76. The van der Waals surface area contributed by atoms with E-state index in [1.807, 2.05) is 7.05 Å². The van der Waals surface area contributed by atoms with Crippen molar-refractivity contribution in [3.05, 3.63) is 23.8 Å². The van der Waals surface area contributed by atoms with Crippen LogP contribution in [-0.4, -0.2) is 63.1 Å². The summed E-state index contributed by atoms with van der Waals surface area (Å²) in [5.74, 6) is -0.324. The standard InChI is InChI=1S/C15H18N2O4/c1-16-5-6-21-11(8-16)9-17-13-7-10(20-2)3-4-12(13)14(18)15(17)19/h3-4,7,11H,5-6,8-9H2,1-2H3. The zero-order chi connectivity index (χ0) is 15.0. The second-order valence-corrected chi connectivity index (χ2v) is 5.38. The first-order chi connectivity index (χ1) is 10.1. The van der Waals surface area contributed by atoms with Crippen LogP contribution in [0.3, 0.4) is 0 Å². The Hall–Kier alpha value is -1.92. The van der Waals surface area contributed by atoms with Gasteiger partial charge in [-0.05, 0) is 19.2 Å². The molecule has 0 aliphatic carbocycles. The van der Waals surface area contributed by atoms with Gasteiger partial charge in [0.15, 0.2) is 0 Å². The van der Waals surface area contributed by atoms with Gasteiger partial charge in [0.1, 0.15) is 5.75 Å². The van der Waals surface area contributed by atoms with Crippen LogP contribution in [0, 0.1) is 0 Å². The molecule has 0 N–H and O–H groups in total. The van der Waals surface area contributed by atoms with Gasteiger partial charge in [-0.3, -0.25) is 9.59 Å². The number of ether oxygens (including phenoxy) is 2. The molecule has 1 unspecified atom stereocenters. The number of likely N-dealkylation sites (N-methyl/N-ethyl adjacent to an activating group) is 1. The molecule has 0 radical (unpaired) electrons. The molecule has 1 atom stereocenters. The highest BCUT2D eigenvalue weighted by molar-refractivity contribution is 6.52. The molecule has 0 saturated carbocycles. The number of hydrogen-bond donors (Lipinski definition) is 0. The number of rotatable bonds is 3. The van der Waals surface area contributed by atoms with Gasteiger partial charge in [-0.2, -0.15) is 0 Å². The van der Waals surface area contributed by atoms with Crippen LogP contribution in [0.4, 0.5) is 5.69 Å². The number of morpholine rings is 1. The number of amides is 1. The number of methoxy groups -OCH3 is 1. The number of ketones is 1. The van der Waals surface area contributed by atoms with Gasteiger partial charge in [-0.25, -0.2) is 0 Å². The largest absolute Gasteiger partial charge is 0.497 e. The molecule has 1 fully saturated rings. The average molecular weight is 290 g/mol. The summed E-state index contributed by atoms with van der Waals surface area (Å²) < 4.78 is 10.9. The number of anilines is 1. The van der Waals surface area contributed by atoms with E-state index in [4.69, 9.17) is 9.47 Å².